The van der Waals surface area contributed by atoms with Gasteiger partial charge in [0.05, 0.1) is 0 Å². The van der Waals surface area contributed by atoms with Gasteiger partial charge in [-0.1, -0.05) is 39.5 Å². The molecule has 0 spiro atoms. The summed E-state index contributed by atoms with van der Waals surface area (Å²) < 4.78 is 5.56. The summed E-state index contributed by atoms with van der Waals surface area (Å²) in [5, 5.41) is 0. The average Bonchev–Trinajstić information content (AvgIpc) is 2.24. The monoisotopic (exact) mass is 245 g/mol. The SMILES string of the molecule is CCCCCC(=O)NO[Si](C)(C)CCCC. The normalized spacial score (nSPS) is 11.5. The lowest BCUT2D eigenvalue weighted by molar-refractivity contribution is -0.128. The first-order chi connectivity index (χ1) is 7.52. The molecule has 4 heteroatoms. The van der Waals surface area contributed by atoms with Gasteiger partial charge >= 0.3 is 0 Å². The molecule has 0 saturated heterocycles. The molecule has 1 N–H and O–H groups in total. The zero-order valence-electron chi connectivity index (χ0n) is 11.3. The molecule has 0 aliphatic carbocycles. The third-order valence-electron chi connectivity index (χ3n) is 2.58. The molecule has 96 valence electrons. The Hall–Kier alpha value is -0.353. The predicted molar refractivity (Wildman–Crippen MR) is 70.6 cm³/mol. The third kappa shape index (κ3) is 8.92. The Morgan fingerprint density at radius 2 is 1.75 bits per heavy atom. The smallest absolute Gasteiger partial charge is 0.242 e. The van der Waals surface area contributed by atoms with Crippen LogP contribution < -0.4 is 5.48 Å². The van der Waals surface area contributed by atoms with Gasteiger partial charge in [0.15, 0.2) is 0 Å². The number of hydrogen-bond acceptors (Lipinski definition) is 2. The van der Waals surface area contributed by atoms with E-state index in [-0.39, 0.29) is 5.91 Å². The molecule has 0 fully saturated rings. The Bertz CT molecular complexity index is 195. The van der Waals surface area contributed by atoms with Crippen molar-refractivity contribution in [2.45, 2.75) is 71.5 Å². The van der Waals surface area contributed by atoms with Gasteiger partial charge in [-0.15, -0.1) is 0 Å². The van der Waals surface area contributed by atoms with E-state index in [2.05, 4.69) is 32.4 Å². The summed E-state index contributed by atoms with van der Waals surface area (Å²) in [5.74, 6) is 0.0329. The maximum Gasteiger partial charge on any atom is 0.242 e. The molecule has 16 heavy (non-hydrogen) atoms. The number of carbonyl (C=O) groups is 1. The minimum Gasteiger partial charge on any atom is -0.320 e. The van der Waals surface area contributed by atoms with Crippen molar-refractivity contribution in [1.29, 1.82) is 0 Å². The summed E-state index contributed by atoms with van der Waals surface area (Å²) in [6, 6.07) is 1.11. The van der Waals surface area contributed by atoms with Crippen LogP contribution in [-0.2, 0) is 9.32 Å². The third-order valence-corrected chi connectivity index (χ3v) is 4.79. The van der Waals surface area contributed by atoms with Crippen molar-refractivity contribution in [1.82, 2.24) is 5.48 Å². The van der Waals surface area contributed by atoms with Gasteiger partial charge in [0.2, 0.25) is 14.2 Å². The van der Waals surface area contributed by atoms with Gasteiger partial charge in [-0.25, -0.2) is 5.48 Å². The second-order valence-corrected chi connectivity index (χ2v) is 9.17. The van der Waals surface area contributed by atoms with Crippen molar-refractivity contribution in [2.75, 3.05) is 0 Å². The highest BCUT2D eigenvalue weighted by molar-refractivity contribution is 6.71. The Morgan fingerprint density at radius 3 is 2.31 bits per heavy atom. The van der Waals surface area contributed by atoms with Gasteiger partial charge < -0.3 is 4.53 Å². The number of unbranched alkanes of at least 4 members (excludes halogenated alkanes) is 3. The van der Waals surface area contributed by atoms with Gasteiger partial charge in [-0.3, -0.25) is 4.79 Å². The van der Waals surface area contributed by atoms with E-state index in [9.17, 15) is 4.79 Å². The molecule has 0 aliphatic heterocycles. The van der Waals surface area contributed by atoms with Crippen LogP contribution in [0.15, 0.2) is 0 Å². The number of amides is 1. The van der Waals surface area contributed by atoms with Gasteiger partial charge in [-0.2, -0.15) is 0 Å². The second-order valence-electron chi connectivity index (χ2n) is 4.95. The summed E-state index contributed by atoms with van der Waals surface area (Å²) >= 11 is 0. The molecular weight excluding hydrogens is 218 g/mol. The van der Waals surface area contributed by atoms with E-state index >= 15 is 0 Å². The topological polar surface area (TPSA) is 38.3 Å². The van der Waals surface area contributed by atoms with Crippen LogP contribution in [0, 0.1) is 0 Å². The molecule has 3 nitrogen and oxygen atoms in total. The Labute approximate surface area is 101 Å². The maximum absolute atomic E-state index is 11.4. The van der Waals surface area contributed by atoms with Gasteiger partial charge in [-0.05, 0) is 25.6 Å². The van der Waals surface area contributed by atoms with Gasteiger partial charge in [0.25, 0.3) is 0 Å². The zero-order chi connectivity index (χ0) is 12.4. The largest absolute Gasteiger partial charge is 0.320 e. The van der Waals surface area contributed by atoms with Crippen LogP contribution in [-0.4, -0.2) is 14.2 Å². The molecule has 0 aliphatic rings. The van der Waals surface area contributed by atoms with Crippen LogP contribution in [0.4, 0.5) is 0 Å². The highest BCUT2D eigenvalue weighted by atomic mass is 28.4. The van der Waals surface area contributed by atoms with E-state index < -0.39 is 8.32 Å². The summed E-state index contributed by atoms with van der Waals surface area (Å²) in [6.45, 7) is 8.60. The van der Waals surface area contributed by atoms with Crippen molar-refractivity contribution >= 4 is 14.2 Å². The van der Waals surface area contributed by atoms with Crippen LogP contribution in [0.25, 0.3) is 0 Å². The molecule has 0 heterocycles. The number of rotatable bonds is 9. The van der Waals surface area contributed by atoms with Gasteiger partial charge in [0.1, 0.15) is 0 Å². The Kier molecular flexibility index (Phi) is 8.57. The van der Waals surface area contributed by atoms with Crippen molar-refractivity contribution in [2.24, 2.45) is 0 Å². The van der Waals surface area contributed by atoms with Crippen LogP contribution in [0.1, 0.15) is 52.4 Å². The lowest BCUT2D eigenvalue weighted by Crippen LogP contribution is -2.39. The molecule has 0 aromatic heterocycles. The quantitative estimate of drug-likeness (QED) is 0.383. The fourth-order valence-corrected chi connectivity index (χ4v) is 3.13. The molecule has 1 amide bonds. The van der Waals surface area contributed by atoms with Crippen LogP contribution in [0.2, 0.25) is 19.1 Å². The standard InChI is InChI=1S/C12H27NO2Si/c1-5-7-9-10-12(14)13-15-16(3,4)11-8-6-2/h5-11H2,1-4H3,(H,13,14). The average molecular weight is 245 g/mol. The molecular formula is C12H27NO2Si. The van der Waals surface area contributed by atoms with E-state index in [0.717, 1.165) is 25.3 Å². The summed E-state index contributed by atoms with van der Waals surface area (Å²) in [7, 11) is -1.67. The number of nitrogens with one attached hydrogen (secondary N) is 1. The molecule has 0 radical (unpaired) electrons. The maximum atomic E-state index is 11.4. The molecule has 0 rings (SSSR count). The summed E-state index contributed by atoms with van der Waals surface area (Å²) in [5.41, 5.74) is 2.61. The molecule has 0 unspecified atom stereocenters. The highest BCUT2D eigenvalue weighted by Gasteiger charge is 2.23. The first-order valence-corrected chi connectivity index (χ1v) is 9.60. The van der Waals surface area contributed by atoms with Crippen molar-refractivity contribution in [3.8, 4) is 0 Å². The molecule has 0 atom stereocenters. The first-order valence-electron chi connectivity index (χ1n) is 6.48. The number of hydrogen-bond donors (Lipinski definition) is 1. The molecule has 0 bridgehead atoms. The van der Waals surface area contributed by atoms with E-state index in [0.29, 0.717) is 6.42 Å². The van der Waals surface area contributed by atoms with Gasteiger partial charge in [0, 0.05) is 6.42 Å². The van der Waals surface area contributed by atoms with E-state index in [1.165, 1.54) is 12.8 Å². The fourth-order valence-electron chi connectivity index (χ4n) is 1.44. The van der Waals surface area contributed by atoms with Crippen LogP contribution in [0.5, 0.6) is 0 Å². The minimum absolute atomic E-state index is 0.0329. The molecule has 0 saturated carbocycles. The van der Waals surface area contributed by atoms with Crippen molar-refractivity contribution in [3.63, 3.8) is 0 Å². The number of hydroxylamine groups is 1. The fraction of sp³-hybridized carbons (Fsp3) is 0.917. The Morgan fingerprint density at radius 1 is 1.12 bits per heavy atom. The van der Waals surface area contributed by atoms with E-state index in [1.807, 2.05) is 0 Å². The minimum atomic E-state index is -1.67. The highest BCUT2D eigenvalue weighted by Crippen LogP contribution is 2.13. The van der Waals surface area contributed by atoms with Crippen molar-refractivity contribution in [3.05, 3.63) is 0 Å². The lowest BCUT2D eigenvalue weighted by Gasteiger charge is -2.21. The molecule has 0 aromatic rings. The molecule has 0 aromatic carbocycles. The van der Waals surface area contributed by atoms with Crippen molar-refractivity contribution < 1.29 is 9.32 Å². The summed E-state index contributed by atoms with van der Waals surface area (Å²) in [4.78, 5) is 11.4. The van der Waals surface area contributed by atoms with Crippen LogP contribution >= 0.6 is 0 Å². The second kappa shape index (κ2) is 8.76. The first kappa shape index (κ1) is 15.6. The zero-order valence-corrected chi connectivity index (χ0v) is 12.3. The lowest BCUT2D eigenvalue weighted by atomic mass is 10.2. The summed E-state index contributed by atoms with van der Waals surface area (Å²) in [6.07, 6.45) is 6.18. The Balaban J connectivity index is 3.64. The predicted octanol–water partition coefficient (Wildman–Crippen LogP) is 3.62. The van der Waals surface area contributed by atoms with E-state index in [4.69, 9.17) is 4.53 Å². The number of carbonyl (C=O) groups excluding carboxylic acids is 1. The van der Waals surface area contributed by atoms with Crippen LogP contribution in [0.3, 0.4) is 0 Å². The van der Waals surface area contributed by atoms with E-state index in [1.54, 1.807) is 0 Å².